The number of nitrogens with two attached hydrogens (primary N) is 1. The summed E-state index contributed by atoms with van der Waals surface area (Å²) in [5, 5.41) is 0. The van der Waals surface area contributed by atoms with Crippen molar-refractivity contribution in [2.45, 2.75) is 33.2 Å². The molecule has 1 saturated heterocycles. The van der Waals surface area contributed by atoms with Crippen LogP contribution in [0.5, 0.6) is 0 Å². The second-order valence-electron chi connectivity index (χ2n) is 6.07. The molecule has 0 saturated carbocycles. The molecule has 0 bridgehead atoms. The third-order valence-corrected chi connectivity index (χ3v) is 4.51. The minimum atomic E-state index is -0.0167. The number of halogens is 2. The SMILES string of the molecule is Cc1cc(Br)ccc1C(=O)N1CCC(N)C(C)(C)C1.Cl. The Hall–Kier alpha value is -0.580. The summed E-state index contributed by atoms with van der Waals surface area (Å²) in [5.74, 6) is 0.116. The lowest BCUT2D eigenvalue weighted by molar-refractivity contribution is 0.0532. The fourth-order valence-corrected chi connectivity index (χ4v) is 3.06. The molecule has 1 unspecified atom stereocenters. The van der Waals surface area contributed by atoms with Crippen LogP contribution < -0.4 is 5.73 Å². The lowest BCUT2D eigenvalue weighted by Gasteiger charge is -2.42. The van der Waals surface area contributed by atoms with Crippen LogP contribution in [0.2, 0.25) is 0 Å². The zero-order valence-electron chi connectivity index (χ0n) is 12.1. The van der Waals surface area contributed by atoms with Crippen molar-refractivity contribution in [2.24, 2.45) is 11.1 Å². The highest BCUT2D eigenvalue weighted by Crippen LogP contribution is 2.29. The van der Waals surface area contributed by atoms with Gasteiger partial charge >= 0.3 is 0 Å². The highest BCUT2D eigenvalue weighted by molar-refractivity contribution is 9.10. The highest BCUT2D eigenvalue weighted by Gasteiger charge is 2.35. The van der Waals surface area contributed by atoms with E-state index in [2.05, 4.69) is 29.8 Å². The van der Waals surface area contributed by atoms with E-state index in [1.165, 1.54) is 0 Å². The zero-order chi connectivity index (χ0) is 14.2. The molecule has 0 aliphatic carbocycles. The number of carbonyl (C=O) groups excluding carboxylic acids is 1. The second kappa shape index (κ2) is 6.46. The van der Waals surface area contributed by atoms with Crippen molar-refractivity contribution in [1.29, 1.82) is 0 Å². The summed E-state index contributed by atoms with van der Waals surface area (Å²) in [7, 11) is 0. The number of carbonyl (C=O) groups is 1. The van der Waals surface area contributed by atoms with Gasteiger partial charge in [0.1, 0.15) is 0 Å². The normalized spacial score (nSPS) is 21.2. The number of hydrogen-bond acceptors (Lipinski definition) is 2. The Labute approximate surface area is 135 Å². The maximum atomic E-state index is 12.6. The number of likely N-dealkylation sites (tertiary alicyclic amines) is 1. The third kappa shape index (κ3) is 3.54. The minimum absolute atomic E-state index is 0. The molecular formula is C15H22BrClN2O. The summed E-state index contributed by atoms with van der Waals surface area (Å²) in [5.41, 5.74) is 7.90. The van der Waals surface area contributed by atoms with Crippen molar-refractivity contribution in [3.63, 3.8) is 0 Å². The molecule has 2 N–H and O–H groups in total. The van der Waals surface area contributed by atoms with E-state index >= 15 is 0 Å². The molecule has 1 heterocycles. The average Bonchev–Trinajstić information content (AvgIpc) is 2.32. The van der Waals surface area contributed by atoms with E-state index < -0.39 is 0 Å². The van der Waals surface area contributed by atoms with Gasteiger partial charge in [-0.05, 0) is 42.5 Å². The molecule has 20 heavy (non-hydrogen) atoms. The van der Waals surface area contributed by atoms with E-state index in [-0.39, 0.29) is 29.8 Å². The van der Waals surface area contributed by atoms with Crippen LogP contribution in [0.1, 0.15) is 36.2 Å². The smallest absolute Gasteiger partial charge is 0.254 e. The van der Waals surface area contributed by atoms with Gasteiger partial charge in [0, 0.05) is 29.2 Å². The molecule has 1 amide bonds. The molecule has 2 rings (SSSR count). The molecule has 1 aromatic carbocycles. The van der Waals surface area contributed by atoms with Crippen LogP contribution in [0.3, 0.4) is 0 Å². The monoisotopic (exact) mass is 360 g/mol. The van der Waals surface area contributed by atoms with Crippen LogP contribution in [0.15, 0.2) is 22.7 Å². The van der Waals surface area contributed by atoms with Crippen molar-refractivity contribution in [2.75, 3.05) is 13.1 Å². The predicted octanol–water partition coefficient (Wildman–Crippen LogP) is 3.38. The van der Waals surface area contributed by atoms with Crippen molar-refractivity contribution in [1.82, 2.24) is 4.90 Å². The van der Waals surface area contributed by atoms with E-state index in [4.69, 9.17) is 5.73 Å². The number of amides is 1. The van der Waals surface area contributed by atoms with Gasteiger partial charge in [-0.15, -0.1) is 12.4 Å². The van der Waals surface area contributed by atoms with Gasteiger partial charge in [-0.2, -0.15) is 0 Å². The van der Waals surface area contributed by atoms with Crippen LogP contribution in [0.4, 0.5) is 0 Å². The first-order chi connectivity index (χ1) is 8.81. The number of hydrogen-bond donors (Lipinski definition) is 1. The zero-order valence-corrected chi connectivity index (χ0v) is 14.6. The number of benzene rings is 1. The first-order valence-corrected chi connectivity index (χ1v) is 7.41. The molecule has 1 aromatic rings. The van der Waals surface area contributed by atoms with Gasteiger partial charge in [0.15, 0.2) is 0 Å². The molecular weight excluding hydrogens is 340 g/mol. The van der Waals surface area contributed by atoms with E-state index in [9.17, 15) is 4.79 Å². The summed E-state index contributed by atoms with van der Waals surface area (Å²) in [6.07, 6.45) is 0.869. The summed E-state index contributed by atoms with van der Waals surface area (Å²) in [6.45, 7) is 7.71. The van der Waals surface area contributed by atoms with E-state index in [0.29, 0.717) is 0 Å². The fraction of sp³-hybridized carbons (Fsp3) is 0.533. The largest absolute Gasteiger partial charge is 0.338 e. The Morgan fingerprint density at radius 1 is 1.45 bits per heavy atom. The van der Waals surface area contributed by atoms with Gasteiger partial charge in [-0.25, -0.2) is 0 Å². The lowest BCUT2D eigenvalue weighted by Crippen LogP contribution is -2.54. The number of piperidine rings is 1. The molecule has 0 spiro atoms. The van der Waals surface area contributed by atoms with Crippen molar-refractivity contribution in [3.05, 3.63) is 33.8 Å². The Bertz CT molecular complexity index is 505. The summed E-state index contributed by atoms with van der Waals surface area (Å²) in [4.78, 5) is 14.5. The van der Waals surface area contributed by atoms with E-state index in [1.807, 2.05) is 30.0 Å². The molecule has 112 valence electrons. The Balaban J connectivity index is 0.00000200. The average molecular weight is 362 g/mol. The standard InChI is InChI=1S/C15H21BrN2O.ClH/c1-10-8-11(16)4-5-12(10)14(19)18-7-6-13(17)15(2,3)9-18;/h4-5,8,13H,6-7,9,17H2,1-3H3;1H. The summed E-state index contributed by atoms with van der Waals surface area (Å²) >= 11 is 3.43. The maximum absolute atomic E-state index is 12.6. The van der Waals surface area contributed by atoms with Crippen molar-refractivity contribution < 1.29 is 4.79 Å². The van der Waals surface area contributed by atoms with Crippen molar-refractivity contribution in [3.8, 4) is 0 Å². The van der Waals surface area contributed by atoms with E-state index in [0.717, 1.165) is 35.1 Å². The highest BCUT2D eigenvalue weighted by atomic mass is 79.9. The van der Waals surface area contributed by atoms with Crippen LogP contribution in [-0.4, -0.2) is 29.9 Å². The van der Waals surface area contributed by atoms with Gasteiger partial charge in [0.05, 0.1) is 0 Å². The molecule has 0 radical (unpaired) electrons. The first-order valence-electron chi connectivity index (χ1n) is 6.62. The Kier molecular flexibility index (Phi) is 5.64. The lowest BCUT2D eigenvalue weighted by atomic mass is 9.79. The summed E-state index contributed by atoms with van der Waals surface area (Å²) < 4.78 is 1.00. The van der Waals surface area contributed by atoms with Gasteiger partial charge in [0.25, 0.3) is 5.91 Å². The predicted molar refractivity (Wildman–Crippen MR) is 88.4 cm³/mol. The number of aryl methyl sites for hydroxylation is 1. The second-order valence-corrected chi connectivity index (χ2v) is 6.99. The molecule has 1 aliphatic heterocycles. The van der Waals surface area contributed by atoms with Crippen LogP contribution in [-0.2, 0) is 0 Å². The number of nitrogens with zero attached hydrogens (tertiary/aromatic N) is 1. The molecule has 3 nitrogen and oxygen atoms in total. The van der Waals surface area contributed by atoms with Crippen LogP contribution >= 0.6 is 28.3 Å². The van der Waals surface area contributed by atoms with Crippen molar-refractivity contribution >= 4 is 34.2 Å². The quantitative estimate of drug-likeness (QED) is 0.833. The number of rotatable bonds is 1. The van der Waals surface area contributed by atoms with Crippen LogP contribution in [0.25, 0.3) is 0 Å². The van der Waals surface area contributed by atoms with E-state index in [1.54, 1.807) is 0 Å². The molecule has 1 fully saturated rings. The van der Waals surface area contributed by atoms with Gasteiger partial charge in [-0.3, -0.25) is 4.79 Å². The van der Waals surface area contributed by atoms with Gasteiger partial charge < -0.3 is 10.6 Å². The molecule has 5 heteroatoms. The first kappa shape index (κ1) is 17.5. The minimum Gasteiger partial charge on any atom is -0.338 e. The van der Waals surface area contributed by atoms with Gasteiger partial charge in [0.2, 0.25) is 0 Å². The summed E-state index contributed by atoms with van der Waals surface area (Å²) in [6, 6.07) is 5.96. The molecule has 1 atom stereocenters. The van der Waals surface area contributed by atoms with Gasteiger partial charge in [-0.1, -0.05) is 29.8 Å². The Morgan fingerprint density at radius 2 is 2.10 bits per heavy atom. The van der Waals surface area contributed by atoms with Crippen LogP contribution in [0, 0.1) is 12.3 Å². The third-order valence-electron chi connectivity index (χ3n) is 4.02. The Morgan fingerprint density at radius 3 is 2.65 bits per heavy atom. The molecule has 0 aromatic heterocycles. The maximum Gasteiger partial charge on any atom is 0.254 e. The topological polar surface area (TPSA) is 46.3 Å². The molecule has 1 aliphatic rings. The fourth-order valence-electron chi connectivity index (χ4n) is 2.58.